The van der Waals surface area contributed by atoms with Gasteiger partial charge in [-0.15, -0.1) is 0 Å². The van der Waals surface area contributed by atoms with Crippen LogP contribution in [0, 0.1) is 6.92 Å². The van der Waals surface area contributed by atoms with E-state index in [4.69, 9.17) is 0 Å². The zero-order valence-electron chi connectivity index (χ0n) is 18.7. The molecule has 1 amide bonds. The number of aromatic nitrogens is 1. The first-order valence-corrected chi connectivity index (χ1v) is 12.3. The summed E-state index contributed by atoms with van der Waals surface area (Å²) in [6.45, 7) is 1.87. The van der Waals surface area contributed by atoms with Crippen molar-refractivity contribution in [3.8, 4) is 0 Å². The lowest BCUT2D eigenvalue weighted by molar-refractivity contribution is 0.0942. The fourth-order valence-corrected chi connectivity index (χ4v) is 4.90. The number of carbonyl (C=O) groups is 1. The maximum Gasteiger partial charge on any atom is 0.252 e. The molecule has 0 bridgehead atoms. The minimum Gasteiger partial charge on any atom is -0.340 e. The molecule has 3 aromatic carbocycles. The van der Waals surface area contributed by atoms with Gasteiger partial charge in [0, 0.05) is 18.3 Å². The molecule has 0 aliphatic carbocycles. The number of carbonyl (C=O) groups excluding carboxylic acids is 1. The summed E-state index contributed by atoms with van der Waals surface area (Å²) in [6, 6.07) is 28.5. The van der Waals surface area contributed by atoms with Crippen LogP contribution < -0.4 is 10.0 Å². The zero-order valence-corrected chi connectivity index (χ0v) is 19.5. The molecule has 0 spiro atoms. The van der Waals surface area contributed by atoms with E-state index in [0.29, 0.717) is 11.3 Å². The normalized spacial score (nSPS) is 12.1. The molecule has 0 fully saturated rings. The number of sulfonamides is 1. The number of hydrogen-bond donors (Lipinski definition) is 2. The van der Waals surface area contributed by atoms with Crippen molar-refractivity contribution in [1.82, 2.24) is 15.0 Å². The van der Waals surface area contributed by atoms with Gasteiger partial charge >= 0.3 is 0 Å². The van der Waals surface area contributed by atoms with Gasteiger partial charge in [0.05, 0.1) is 16.6 Å². The number of rotatable bonds is 8. The summed E-state index contributed by atoms with van der Waals surface area (Å²) in [5.74, 6) is -0.390. The van der Waals surface area contributed by atoms with E-state index >= 15 is 0 Å². The number of nitrogens with one attached hydrogen (secondary N) is 2. The Morgan fingerprint density at radius 3 is 2.24 bits per heavy atom. The molecule has 1 aromatic heterocycles. The number of amides is 1. The molecule has 4 aromatic rings. The van der Waals surface area contributed by atoms with Crippen LogP contribution in [0.1, 0.15) is 38.8 Å². The lowest BCUT2D eigenvalue weighted by Crippen LogP contribution is -2.30. The number of hydrogen-bond acceptors (Lipinski definition) is 4. The first-order valence-electron chi connectivity index (χ1n) is 10.8. The molecule has 7 heteroatoms. The van der Waals surface area contributed by atoms with Gasteiger partial charge in [-0.1, -0.05) is 72.8 Å². The van der Waals surface area contributed by atoms with Crippen molar-refractivity contribution in [2.24, 2.45) is 0 Å². The van der Waals surface area contributed by atoms with Gasteiger partial charge in [-0.25, -0.2) is 13.1 Å². The molecule has 1 heterocycles. The minimum absolute atomic E-state index is 0.0742. The Hall–Kier alpha value is -3.81. The van der Waals surface area contributed by atoms with Crippen LogP contribution in [-0.4, -0.2) is 19.3 Å². The van der Waals surface area contributed by atoms with Gasteiger partial charge in [-0.05, 0) is 47.9 Å². The summed E-state index contributed by atoms with van der Waals surface area (Å²) in [6.07, 6.45) is 1.67. The SMILES string of the molecule is Cc1ccc(C(=O)NC(c2ccccc2)c2ccccn2)cc1S(=O)(=O)NCc1ccccc1. The van der Waals surface area contributed by atoms with Crippen molar-refractivity contribution in [2.75, 3.05) is 0 Å². The fraction of sp³-hybridized carbons (Fsp3) is 0.111. The van der Waals surface area contributed by atoms with Crippen LogP contribution in [0.15, 0.2) is 108 Å². The lowest BCUT2D eigenvalue weighted by atomic mass is 10.0. The Labute approximate surface area is 199 Å². The average Bonchev–Trinajstić information content (AvgIpc) is 2.88. The molecular weight excluding hydrogens is 446 g/mol. The van der Waals surface area contributed by atoms with E-state index < -0.39 is 16.1 Å². The zero-order chi connectivity index (χ0) is 24.0. The summed E-state index contributed by atoms with van der Waals surface area (Å²) in [7, 11) is -3.82. The second-order valence-electron chi connectivity index (χ2n) is 7.86. The number of aryl methyl sites for hydroxylation is 1. The molecule has 34 heavy (non-hydrogen) atoms. The van der Waals surface area contributed by atoms with Crippen LogP contribution >= 0.6 is 0 Å². The number of benzene rings is 3. The molecule has 172 valence electrons. The van der Waals surface area contributed by atoms with Gasteiger partial charge in [0.1, 0.15) is 0 Å². The molecule has 0 aliphatic rings. The van der Waals surface area contributed by atoms with E-state index in [0.717, 1.165) is 11.1 Å². The van der Waals surface area contributed by atoms with Crippen LogP contribution in [-0.2, 0) is 16.6 Å². The molecule has 0 saturated carbocycles. The maximum absolute atomic E-state index is 13.2. The Bertz CT molecular complexity index is 1320. The van der Waals surface area contributed by atoms with E-state index in [2.05, 4.69) is 15.0 Å². The first-order chi connectivity index (χ1) is 16.4. The number of nitrogens with zero attached hydrogens (tertiary/aromatic N) is 1. The quantitative estimate of drug-likeness (QED) is 0.399. The molecular formula is C27H25N3O3S. The standard InChI is InChI=1S/C27H25N3O3S/c1-20-15-16-23(18-25(20)34(32,33)29-19-21-10-4-2-5-11-21)27(31)30-26(22-12-6-3-7-13-22)24-14-8-9-17-28-24/h2-18,26,29H,19H2,1H3,(H,30,31). The van der Waals surface area contributed by atoms with Crippen LogP contribution in [0.2, 0.25) is 0 Å². The van der Waals surface area contributed by atoms with Crippen LogP contribution in [0.3, 0.4) is 0 Å². The van der Waals surface area contributed by atoms with E-state index in [9.17, 15) is 13.2 Å². The van der Waals surface area contributed by atoms with Crippen molar-refractivity contribution in [3.63, 3.8) is 0 Å². The van der Waals surface area contributed by atoms with Gasteiger partial charge in [0.15, 0.2) is 0 Å². The van der Waals surface area contributed by atoms with Crippen molar-refractivity contribution in [3.05, 3.63) is 131 Å². The van der Waals surface area contributed by atoms with Crippen molar-refractivity contribution >= 4 is 15.9 Å². The Kier molecular flexibility index (Phi) is 7.15. The van der Waals surface area contributed by atoms with Crippen LogP contribution in [0.25, 0.3) is 0 Å². The monoisotopic (exact) mass is 471 g/mol. The summed E-state index contributed by atoms with van der Waals surface area (Å²) >= 11 is 0. The summed E-state index contributed by atoms with van der Waals surface area (Å²) in [5, 5.41) is 3.01. The van der Waals surface area contributed by atoms with Gasteiger partial charge in [0.25, 0.3) is 5.91 Å². The summed E-state index contributed by atoms with van der Waals surface area (Å²) in [4.78, 5) is 17.7. The highest BCUT2D eigenvalue weighted by Crippen LogP contribution is 2.22. The Morgan fingerprint density at radius 1 is 0.882 bits per heavy atom. The second kappa shape index (κ2) is 10.4. The Morgan fingerprint density at radius 2 is 1.56 bits per heavy atom. The largest absolute Gasteiger partial charge is 0.340 e. The van der Waals surface area contributed by atoms with Gasteiger partial charge in [-0.3, -0.25) is 9.78 Å². The third-order valence-corrected chi connectivity index (χ3v) is 6.98. The first kappa shape index (κ1) is 23.4. The molecule has 0 radical (unpaired) electrons. The molecule has 4 rings (SSSR count). The van der Waals surface area contributed by atoms with Gasteiger partial charge in [0.2, 0.25) is 10.0 Å². The molecule has 2 N–H and O–H groups in total. The van der Waals surface area contributed by atoms with Crippen molar-refractivity contribution < 1.29 is 13.2 Å². The molecule has 0 aliphatic heterocycles. The summed E-state index contributed by atoms with van der Waals surface area (Å²) in [5.41, 5.74) is 3.22. The molecule has 1 atom stereocenters. The highest BCUT2D eigenvalue weighted by atomic mass is 32.2. The second-order valence-corrected chi connectivity index (χ2v) is 9.60. The third-order valence-electron chi connectivity index (χ3n) is 5.44. The average molecular weight is 472 g/mol. The van der Waals surface area contributed by atoms with E-state index in [-0.39, 0.29) is 22.9 Å². The van der Waals surface area contributed by atoms with E-state index in [1.807, 2.05) is 78.9 Å². The Balaban J connectivity index is 1.59. The van der Waals surface area contributed by atoms with Crippen LogP contribution in [0.5, 0.6) is 0 Å². The molecule has 6 nitrogen and oxygen atoms in total. The maximum atomic E-state index is 13.2. The topological polar surface area (TPSA) is 88.2 Å². The fourth-order valence-electron chi connectivity index (χ4n) is 3.62. The van der Waals surface area contributed by atoms with E-state index in [1.165, 1.54) is 6.07 Å². The summed E-state index contributed by atoms with van der Waals surface area (Å²) < 4.78 is 28.6. The third kappa shape index (κ3) is 5.57. The van der Waals surface area contributed by atoms with E-state index in [1.54, 1.807) is 25.3 Å². The molecule has 1 unspecified atom stereocenters. The number of pyridine rings is 1. The van der Waals surface area contributed by atoms with Crippen molar-refractivity contribution in [2.45, 2.75) is 24.4 Å². The minimum atomic E-state index is -3.82. The smallest absolute Gasteiger partial charge is 0.252 e. The van der Waals surface area contributed by atoms with Crippen LogP contribution in [0.4, 0.5) is 0 Å². The highest BCUT2D eigenvalue weighted by molar-refractivity contribution is 7.89. The predicted molar refractivity (Wildman–Crippen MR) is 132 cm³/mol. The molecule has 0 saturated heterocycles. The highest BCUT2D eigenvalue weighted by Gasteiger charge is 2.22. The van der Waals surface area contributed by atoms with Gasteiger partial charge < -0.3 is 5.32 Å². The lowest BCUT2D eigenvalue weighted by Gasteiger charge is -2.19. The predicted octanol–water partition coefficient (Wildman–Crippen LogP) is 4.39. The van der Waals surface area contributed by atoms with Gasteiger partial charge in [-0.2, -0.15) is 0 Å². The van der Waals surface area contributed by atoms with Crippen molar-refractivity contribution in [1.29, 1.82) is 0 Å².